The SMILES string of the molecule is CC(C)(CNC(=O)C1(C)COCC1N)C(N)=O. The Labute approximate surface area is 101 Å². The number of nitrogens with one attached hydrogen (secondary N) is 1. The lowest BCUT2D eigenvalue weighted by Crippen LogP contribution is -2.52. The van der Waals surface area contributed by atoms with Gasteiger partial charge in [-0.05, 0) is 20.8 Å². The second-order valence-electron chi connectivity index (χ2n) is 5.47. The largest absolute Gasteiger partial charge is 0.379 e. The van der Waals surface area contributed by atoms with Crippen molar-refractivity contribution in [2.75, 3.05) is 19.8 Å². The van der Waals surface area contributed by atoms with E-state index < -0.39 is 16.7 Å². The second kappa shape index (κ2) is 4.62. The summed E-state index contributed by atoms with van der Waals surface area (Å²) in [5.74, 6) is -0.647. The Bertz CT molecular complexity index is 330. The van der Waals surface area contributed by atoms with Crippen molar-refractivity contribution < 1.29 is 14.3 Å². The number of amides is 2. The summed E-state index contributed by atoms with van der Waals surface area (Å²) in [5.41, 5.74) is 9.57. The molecule has 1 aliphatic rings. The minimum atomic E-state index is -0.768. The lowest BCUT2D eigenvalue weighted by atomic mass is 9.84. The molecule has 98 valence electrons. The Balaban J connectivity index is 2.59. The molecule has 1 fully saturated rings. The van der Waals surface area contributed by atoms with Gasteiger partial charge in [0.1, 0.15) is 0 Å². The average molecular weight is 243 g/mol. The number of primary amides is 1. The third-order valence-corrected chi connectivity index (χ3v) is 3.39. The Morgan fingerprint density at radius 3 is 2.53 bits per heavy atom. The van der Waals surface area contributed by atoms with E-state index in [-0.39, 0.29) is 18.5 Å². The van der Waals surface area contributed by atoms with Gasteiger partial charge in [-0.15, -0.1) is 0 Å². The number of rotatable bonds is 4. The number of carbonyl (C=O) groups excluding carboxylic acids is 2. The summed E-state index contributed by atoms with van der Waals surface area (Å²) in [6.07, 6.45) is 0. The summed E-state index contributed by atoms with van der Waals surface area (Å²) in [4.78, 5) is 23.1. The maximum absolute atomic E-state index is 12.0. The van der Waals surface area contributed by atoms with Crippen molar-refractivity contribution in [2.24, 2.45) is 22.3 Å². The van der Waals surface area contributed by atoms with Crippen LogP contribution in [0.3, 0.4) is 0 Å². The molecule has 0 aromatic rings. The van der Waals surface area contributed by atoms with Crippen LogP contribution in [-0.4, -0.2) is 37.6 Å². The predicted molar refractivity (Wildman–Crippen MR) is 62.9 cm³/mol. The van der Waals surface area contributed by atoms with Gasteiger partial charge in [0.15, 0.2) is 0 Å². The lowest BCUT2D eigenvalue weighted by Gasteiger charge is -2.28. The van der Waals surface area contributed by atoms with Gasteiger partial charge in [0.2, 0.25) is 11.8 Å². The van der Waals surface area contributed by atoms with Crippen molar-refractivity contribution in [2.45, 2.75) is 26.8 Å². The molecule has 0 bridgehead atoms. The molecule has 0 radical (unpaired) electrons. The van der Waals surface area contributed by atoms with E-state index in [1.165, 1.54) is 0 Å². The molecule has 1 heterocycles. The summed E-state index contributed by atoms with van der Waals surface area (Å²) < 4.78 is 5.20. The molecule has 5 N–H and O–H groups in total. The van der Waals surface area contributed by atoms with Crippen LogP contribution in [0.4, 0.5) is 0 Å². The van der Waals surface area contributed by atoms with Gasteiger partial charge in [-0.3, -0.25) is 9.59 Å². The van der Waals surface area contributed by atoms with E-state index in [9.17, 15) is 9.59 Å². The average Bonchev–Trinajstić information content (AvgIpc) is 2.57. The van der Waals surface area contributed by atoms with Gasteiger partial charge in [-0.2, -0.15) is 0 Å². The molecule has 0 aromatic heterocycles. The minimum Gasteiger partial charge on any atom is -0.379 e. The van der Waals surface area contributed by atoms with Crippen LogP contribution >= 0.6 is 0 Å². The van der Waals surface area contributed by atoms with Gasteiger partial charge in [0.05, 0.1) is 24.0 Å². The van der Waals surface area contributed by atoms with Crippen LogP contribution in [0.15, 0.2) is 0 Å². The molecule has 2 amide bonds. The highest BCUT2D eigenvalue weighted by Crippen LogP contribution is 2.27. The lowest BCUT2D eigenvalue weighted by molar-refractivity contribution is -0.132. The highest BCUT2D eigenvalue weighted by atomic mass is 16.5. The molecule has 0 aliphatic carbocycles. The van der Waals surface area contributed by atoms with Crippen LogP contribution in [0.25, 0.3) is 0 Å². The molecule has 0 saturated carbocycles. The summed E-state index contributed by atoms with van der Waals surface area (Å²) in [6, 6.07) is -0.320. The van der Waals surface area contributed by atoms with E-state index in [2.05, 4.69) is 5.32 Å². The Hall–Kier alpha value is -1.14. The number of ether oxygens (including phenoxy) is 1. The molecule has 1 saturated heterocycles. The fourth-order valence-electron chi connectivity index (χ4n) is 1.51. The standard InChI is InChI=1S/C11H21N3O3/c1-10(2,8(13)15)5-14-9(16)11(3)6-17-4-7(11)12/h7H,4-6,12H2,1-3H3,(H2,13,15)(H,14,16). The Kier molecular flexibility index (Phi) is 3.78. The van der Waals surface area contributed by atoms with Gasteiger partial charge < -0.3 is 21.5 Å². The molecule has 2 atom stereocenters. The molecule has 1 rings (SSSR count). The maximum atomic E-state index is 12.0. The molecule has 6 heteroatoms. The topological polar surface area (TPSA) is 107 Å². The molecular weight excluding hydrogens is 222 g/mol. The maximum Gasteiger partial charge on any atom is 0.229 e. The Morgan fingerprint density at radius 1 is 1.53 bits per heavy atom. The van der Waals surface area contributed by atoms with Gasteiger partial charge in [0.25, 0.3) is 0 Å². The monoisotopic (exact) mass is 243 g/mol. The van der Waals surface area contributed by atoms with Crippen molar-refractivity contribution in [3.05, 3.63) is 0 Å². The van der Waals surface area contributed by atoms with Crippen LogP contribution in [0.2, 0.25) is 0 Å². The van der Waals surface area contributed by atoms with E-state index >= 15 is 0 Å². The number of nitrogens with two attached hydrogens (primary N) is 2. The van der Waals surface area contributed by atoms with Crippen molar-refractivity contribution in [3.63, 3.8) is 0 Å². The first-order valence-electron chi connectivity index (χ1n) is 5.62. The quantitative estimate of drug-likeness (QED) is 0.587. The zero-order chi connectivity index (χ0) is 13.3. The van der Waals surface area contributed by atoms with Gasteiger partial charge in [-0.25, -0.2) is 0 Å². The van der Waals surface area contributed by atoms with Gasteiger partial charge >= 0.3 is 0 Å². The molecule has 2 unspecified atom stereocenters. The van der Waals surface area contributed by atoms with Crippen LogP contribution in [0.1, 0.15) is 20.8 Å². The smallest absolute Gasteiger partial charge is 0.229 e. The highest BCUT2D eigenvalue weighted by Gasteiger charge is 2.44. The molecule has 1 aliphatic heterocycles. The zero-order valence-corrected chi connectivity index (χ0v) is 10.6. The van der Waals surface area contributed by atoms with Crippen LogP contribution in [0.5, 0.6) is 0 Å². The Morgan fingerprint density at radius 2 is 2.12 bits per heavy atom. The number of hydrogen-bond acceptors (Lipinski definition) is 4. The predicted octanol–water partition coefficient (Wildman–Crippen LogP) is -1.02. The third-order valence-electron chi connectivity index (χ3n) is 3.39. The minimum absolute atomic E-state index is 0.197. The highest BCUT2D eigenvalue weighted by molar-refractivity contribution is 5.85. The normalized spacial score (nSPS) is 29.1. The third kappa shape index (κ3) is 2.76. The molecule has 0 aromatic carbocycles. The summed E-state index contributed by atoms with van der Waals surface area (Å²) in [5, 5.41) is 2.72. The van der Waals surface area contributed by atoms with E-state index in [1.807, 2.05) is 0 Å². The van der Waals surface area contributed by atoms with Crippen molar-refractivity contribution in [1.82, 2.24) is 5.32 Å². The first-order chi connectivity index (χ1) is 7.70. The fourth-order valence-corrected chi connectivity index (χ4v) is 1.51. The van der Waals surface area contributed by atoms with Crippen molar-refractivity contribution >= 4 is 11.8 Å². The molecule has 6 nitrogen and oxygen atoms in total. The van der Waals surface area contributed by atoms with Gasteiger partial charge in [-0.1, -0.05) is 0 Å². The van der Waals surface area contributed by atoms with Crippen LogP contribution in [-0.2, 0) is 14.3 Å². The van der Waals surface area contributed by atoms with Crippen molar-refractivity contribution in [3.8, 4) is 0 Å². The molecule has 0 spiro atoms. The van der Waals surface area contributed by atoms with Crippen LogP contribution < -0.4 is 16.8 Å². The van der Waals surface area contributed by atoms with Crippen LogP contribution in [0, 0.1) is 10.8 Å². The van der Waals surface area contributed by atoms with E-state index in [0.717, 1.165) is 0 Å². The van der Waals surface area contributed by atoms with Gasteiger partial charge in [0, 0.05) is 12.6 Å². The summed E-state index contributed by atoms with van der Waals surface area (Å²) in [7, 11) is 0. The molecule has 17 heavy (non-hydrogen) atoms. The fraction of sp³-hybridized carbons (Fsp3) is 0.818. The summed E-state index contributed by atoms with van der Waals surface area (Å²) in [6.45, 7) is 6.01. The number of carbonyl (C=O) groups is 2. The molecular formula is C11H21N3O3. The first kappa shape index (κ1) is 13.9. The number of hydrogen-bond donors (Lipinski definition) is 3. The van der Waals surface area contributed by atoms with E-state index in [4.69, 9.17) is 16.2 Å². The van der Waals surface area contributed by atoms with E-state index in [0.29, 0.717) is 13.2 Å². The summed E-state index contributed by atoms with van der Waals surface area (Å²) >= 11 is 0. The van der Waals surface area contributed by atoms with Crippen molar-refractivity contribution in [1.29, 1.82) is 0 Å². The van der Waals surface area contributed by atoms with E-state index in [1.54, 1.807) is 20.8 Å². The zero-order valence-electron chi connectivity index (χ0n) is 10.6. The second-order valence-corrected chi connectivity index (χ2v) is 5.47. The first-order valence-corrected chi connectivity index (χ1v) is 5.62.